The number of pyridine rings is 2. The average Bonchev–Trinajstić information content (AvgIpc) is 2.97. The lowest BCUT2D eigenvalue weighted by atomic mass is 10.2. The summed E-state index contributed by atoms with van der Waals surface area (Å²) >= 11 is 0. The Kier molecular flexibility index (Phi) is 3.36. The number of hydrogen-bond acceptors (Lipinski definition) is 9. The zero-order valence-electron chi connectivity index (χ0n) is 30.0. The second kappa shape index (κ2) is 9.71. The van der Waals surface area contributed by atoms with Crippen molar-refractivity contribution >= 4 is 15.8 Å². The summed E-state index contributed by atoms with van der Waals surface area (Å²) in [5.74, 6) is -5.57. The van der Waals surface area contributed by atoms with Crippen molar-refractivity contribution < 1.29 is 40.4 Å². The molecule has 0 saturated heterocycles. The van der Waals surface area contributed by atoms with Crippen molar-refractivity contribution in [3.05, 3.63) is 72.5 Å². The van der Waals surface area contributed by atoms with E-state index in [9.17, 15) is 8.42 Å². The fourth-order valence-electron chi connectivity index (χ4n) is 2.47. The van der Waals surface area contributed by atoms with Crippen LogP contribution in [-0.4, -0.2) is 42.4 Å². The van der Waals surface area contributed by atoms with E-state index in [2.05, 4.69) is 19.9 Å². The quantitative estimate of drug-likeness (QED) is 0.390. The van der Waals surface area contributed by atoms with Crippen molar-refractivity contribution in [3.8, 4) is 34.5 Å². The number of nitrogens with one attached hydrogen (secondary N) is 1. The fraction of sp³-hybridized carbons (Fsp3) is 0.130. The maximum Gasteiger partial charge on any atom is 0.280 e. The van der Waals surface area contributed by atoms with Crippen LogP contribution in [-0.2, 0) is 10.0 Å². The van der Waals surface area contributed by atoms with E-state index in [1.807, 2.05) is 4.72 Å². The van der Waals surface area contributed by atoms with E-state index < -0.39 is 106 Å². The van der Waals surface area contributed by atoms with Crippen LogP contribution in [0.1, 0.15) is 23.4 Å². The molecule has 0 amide bonds. The topological polar surface area (TPSA) is 125 Å². The maximum atomic E-state index is 13.6. The summed E-state index contributed by atoms with van der Waals surface area (Å²) in [6, 6.07) is -2.80. The lowest BCUT2D eigenvalue weighted by Gasteiger charge is -2.17. The van der Waals surface area contributed by atoms with Gasteiger partial charge in [-0.2, -0.15) is 13.4 Å². The first-order valence-electron chi connectivity index (χ1n) is 15.6. The number of para-hydroxylation sites is 2. The summed E-state index contributed by atoms with van der Waals surface area (Å²) in [4.78, 5) is 15.5. The number of sulfonamides is 1. The fourth-order valence-corrected chi connectivity index (χ4v) is 3.31. The van der Waals surface area contributed by atoms with Crippen LogP contribution in [0.25, 0.3) is 11.4 Å². The molecule has 3 aromatic heterocycles. The van der Waals surface area contributed by atoms with Gasteiger partial charge < -0.3 is 14.2 Å². The monoisotopic (exact) mass is 492 g/mol. The zero-order chi connectivity index (χ0) is 35.2. The molecule has 4 rings (SSSR count). The molecule has 0 saturated carbocycles. The zero-order valence-corrected chi connectivity index (χ0v) is 17.9. The van der Waals surface area contributed by atoms with Gasteiger partial charge in [0.15, 0.2) is 28.2 Å². The van der Waals surface area contributed by atoms with E-state index in [1.165, 1.54) is 31.5 Å². The van der Waals surface area contributed by atoms with Crippen LogP contribution in [0.4, 0.5) is 5.82 Å². The third-order valence-electron chi connectivity index (χ3n) is 3.96. The summed E-state index contributed by atoms with van der Waals surface area (Å²) in [6.07, 6.45) is 1.94. The van der Waals surface area contributed by atoms with E-state index in [4.69, 9.17) is 32.0 Å². The molecule has 1 aromatic carbocycles. The van der Waals surface area contributed by atoms with Crippen LogP contribution in [0.5, 0.6) is 23.1 Å². The number of methoxy groups -OCH3 is 2. The van der Waals surface area contributed by atoms with E-state index in [1.54, 1.807) is 0 Å². The molecule has 0 spiro atoms. The van der Waals surface area contributed by atoms with Crippen molar-refractivity contribution in [2.45, 2.75) is 11.9 Å². The van der Waals surface area contributed by atoms with Crippen LogP contribution in [0, 0.1) is 6.92 Å². The van der Waals surface area contributed by atoms with Gasteiger partial charge in [-0.15, -0.1) is 0 Å². The molecule has 3 heterocycles. The predicted molar refractivity (Wildman–Crippen MR) is 125 cm³/mol. The van der Waals surface area contributed by atoms with Crippen molar-refractivity contribution in [1.29, 1.82) is 0 Å². The Balaban J connectivity index is 2.07. The highest BCUT2D eigenvalue weighted by atomic mass is 32.2. The molecule has 174 valence electrons. The highest BCUT2D eigenvalue weighted by molar-refractivity contribution is 7.92. The number of rotatable bonds is 8. The molecule has 10 nitrogen and oxygen atoms in total. The average molecular weight is 493 g/mol. The molecule has 34 heavy (non-hydrogen) atoms. The molecule has 0 aliphatic carbocycles. The minimum Gasteiger partial charge on any atom is -0.493 e. The Morgan fingerprint density at radius 2 is 1.76 bits per heavy atom. The van der Waals surface area contributed by atoms with E-state index in [0.29, 0.717) is 0 Å². The Bertz CT molecular complexity index is 1980. The molecule has 0 bridgehead atoms. The minimum absolute atomic E-state index is 0.103. The molecule has 1 N–H and O–H groups in total. The normalized spacial score (nSPS) is 17.3. The predicted octanol–water partition coefficient (Wildman–Crippen LogP) is 3.85. The maximum absolute atomic E-state index is 13.6. The Morgan fingerprint density at radius 3 is 2.53 bits per heavy atom. The Morgan fingerprint density at radius 1 is 1.00 bits per heavy atom. The third-order valence-corrected chi connectivity index (χ3v) is 5.13. The van der Waals surface area contributed by atoms with Gasteiger partial charge in [0, 0.05) is 24.1 Å². The second-order valence-corrected chi connectivity index (χ2v) is 7.84. The molecule has 0 aliphatic heterocycles. The lowest BCUT2D eigenvalue weighted by molar-refractivity contribution is 0.348. The first-order chi connectivity index (χ1) is 21.6. The number of ether oxygens (including phenoxy) is 3. The highest BCUT2D eigenvalue weighted by Gasteiger charge is 2.25. The Labute approximate surface area is 214 Å². The summed E-state index contributed by atoms with van der Waals surface area (Å²) in [7, 11) is -11.7. The van der Waals surface area contributed by atoms with Crippen molar-refractivity contribution in [3.63, 3.8) is 0 Å². The van der Waals surface area contributed by atoms with Gasteiger partial charge in [0.25, 0.3) is 15.9 Å². The van der Waals surface area contributed by atoms with Crippen molar-refractivity contribution in [2.24, 2.45) is 0 Å². The number of aromatic nitrogens is 4. The first kappa shape index (κ1) is 11.7. The van der Waals surface area contributed by atoms with Gasteiger partial charge in [-0.1, -0.05) is 18.1 Å². The van der Waals surface area contributed by atoms with Gasteiger partial charge in [-0.05, 0) is 42.7 Å². The van der Waals surface area contributed by atoms with Gasteiger partial charge in [0.1, 0.15) is 0 Å². The largest absolute Gasteiger partial charge is 0.493 e. The van der Waals surface area contributed by atoms with E-state index in [0.717, 1.165) is 0 Å². The minimum atomic E-state index is -5.09. The number of nitrogens with zero attached hydrogens (tertiary/aromatic N) is 4. The smallest absolute Gasteiger partial charge is 0.280 e. The van der Waals surface area contributed by atoms with Crippen LogP contribution in [0.2, 0.25) is 0 Å². The van der Waals surface area contributed by atoms with E-state index in [-0.39, 0.29) is 11.1 Å². The highest BCUT2D eigenvalue weighted by Crippen LogP contribution is 2.41. The lowest BCUT2D eigenvalue weighted by Crippen LogP contribution is -2.17. The third kappa shape index (κ3) is 4.89. The van der Waals surface area contributed by atoms with Gasteiger partial charge in [-0.3, -0.25) is 9.71 Å². The number of benzene rings is 1. The van der Waals surface area contributed by atoms with Gasteiger partial charge in [0.2, 0.25) is 5.75 Å². The number of anilines is 1. The molecule has 0 radical (unpaired) electrons. The van der Waals surface area contributed by atoms with Crippen molar-refractivity contribution in [2.75, 3.05) is 18.8 Å². The van der Waals surface area contributed by atoms with Crippen molar-refractivity contribution in [1.82, 2.24) is 19.9 Å². The second-order valence-electron chi connectivity index (χ2n) is 6.24. The summed E-state index contributed by atoms with van der Waals surface area (Å²) in [5, 5.41) is -1.11. The molecular weight excluding hydrogens is 458 g/mol. The standard InChI is InChI=1S/C23H21N5O5S/c1-15-8-9-19(25-14-15)34(29,30)28-22-20(33-18-7-5-4-6-17(18)31-2)23(32-3)27-21(26-22)16-10-12-24-13-11-16/h4-14H,1-3H3,(H,26,27,28)/i2D3,3D3,4D,5D,6D,7D,8D,9D,14D. The van der Waals surface area contributed by atoms with Crippen LogP contribution in [0.15, 0.2) is 72.0 Å². The molecule has 4 aromatic rings. The molecule has 0 unspecified atom stereocenters. The summed E-state index contributed by atoms with van der Waals surface area (Å²) in [5.41, 5.74) is 0.0281. The molecule has 0 aliphatic rings. The Hall–Kier alpha value is -4.25. The van der Waals surface area contributed by atoms with Crippen LogP contribution in [0.3, 0.4) is 0 Å². The van der Waals surface area contributed by atoms with Gasteiger partial charge in [0.05, 0.1) is 31.9 Å². The molecule has 11 heteroatoms. The van der Waals surface area contributed by atoms with Gasteiger partial charge in [-0.25, -0.2) is 9.97 Å². The first-order valence-corrected chi connectivity index (χ1v) is 10.6. The van der Waals surface area contributed by atoms with E-state index >= 15 is 0 Å². The number of hydrogen-bond donors (Lipinski definition) is 1. The SMILES string of the molecule is [2H]c1nc(S(=O)(=O)Nc2nc(-c3ccncc3)nc(OC([2H])([2H])[2H])c2Oc2c([2H])c([2H])c([2H])c([2H])c2OC([2H])([2H])[2H])c([2H])c([2H])c1C. The van der Waals surface area contributed by atoms with Crippen LogP contribution >= 0.6 is 0 Å². The van der Waals surface area contributed by atoms with Gasteiger partial charge >= 0.3 is 0 Å². The molecular formula is C23H21N5O5S. The summed E-state index contributed by atoms with van der Waals surface area (Å²) < 4.78 is 146. The van der Waals surface area contributed by atoms with Crippen LogP contribution < -0.4 is 18.9 Å². The summed E-state index contributed by atoms with van der Waals surface area (Å²) in [6.45, 7) is 1.27. The molecule has 0 fully saturated rings. The molecule has 0 atom stereocenters.